The number of carboxylic acid groups (broad SMARTS) is 1. The van der Waals surface area contributed by atoms with Gasteiger partial charge in [0, 0.05) is 6.54 Å². The van der Waals surface area contributed by atoms with Crippen molar-refractivity contribution in [2.24, 2.45) is 0 Å². The summed E-state index contributed by atoms with van der Waals surface area (Å²) >= 11 is 0. The molecule has 1 aliphatic heterocycles. The third-order valence-corrected chi connectivity index (χ3v) is 1.97. The minimum atomic E-state index is -0.984. The fourth-order valence-electron chi connectivity index (χ4n) is 1.42. The van der Waals surface area contributed by atoms with Crippen molar-refractivity contribution < 1.29 is 14.7 Å². The molecule has 0 aromatic carbocycles. The fraction of sp³-hybridized carbons (Fsp3) is 0.714. The van der Waals surface area contributed by atoms with E-state index in [0.717, 1.165) is 6.42 Å². The van der Waals surface area contributed by atoms with Gasteiger partial charge in [0.2, 0.25) is 0 Å². The van der Waals surface area contributed by atoms with Gasteiger partial charge in [-0.2, -0.15) is 0 Å². The Bertz CT molecular complexity index is 170. The van der Waals surface area contributed by atoms with Gasteiger partial charge in [-0.15, -0.1) is 0 Å². The molecule has 0 aromatic rings. The molecular weight excluding hydrogens is 146 g/mol. The van der Waals surface area contributed by atoms with Crippen LogP contribution in [0.15, 0.2) is 0 Å². The van der Waals surface area contributed by atoms with Crippen LogP contribution in [0.3, 0.4) is 0 Å². The van der Waals surface area contributed by atoms with Crippen molar-refractivity contribution in [2.45, 2.75) is 25.8 Å². The summed E-state index contributed by atoms with van der Waals surface area (Å²) in [7, 11) is 0. The summed E-state index contributed by atoms with van der Waals surface area (Å²) in [6, 6.07) is -0.382. The zero-order valence-electron chi connectivity index (χ0n) is 6.41. The molecule has 0 aliphatic carbocycles. The lowest BCUT2D eigenvalue weighted by Gasteiger charge is -2.18. The summed E-state index contributed by atoms with van der Waals surface area (Å²) in [5.41, 5.74) is 0. The lowest BCUT2D eigenvalue weighted by Crippen LogP contribution is -2.38. The molecular formula is C7H11NO3. The van der Waals surface area contributed by atoms with E-state index in [4.69, 9.17) is 5.11 Å². The molecule has 11 heavy (non-hydrogen) atoms. The minimum absolute atomic E-state index is 0.0510. The topological polar surface area (TPSA) is 57.6 Å². The van der Waals surface area contributed by atoms with Crippen LogP contribution in [0.1, 0.15) is 19.8 Å². The van der Waals surface area contributed by atoms with E-state index < -0.39 is 6.09 Å². The molecule has 1 rings (SSSR count). The van der Waals surface area contributed by atoms with E-state index in [2.05, 4.69) is 0 Å². The number of carbonyl (C=O) groups excluding carboxylic acids is 1. The molecule has 62 valence electrons. The monoisotopic (exact) mass is 157 g/mol. The quantitative estimate of drug-likeness (QED) is 0.610. The Morgan fingerprint density at radius 1 is 1.55 bits per heavy atom. The van der Waals surface area contributed by atoms with E-state index >= 15 is 0 Å². The Kier molecular flexibility index (Phi) is 2.12. The molecule has 1 saturated heterocycles. The Morgan fingerprint density at radius 2 is 2.18 bits per heavy atom. The summed E-state index contributed by atoms with van der Waals surface area (Å²) in [5.74, 6) is -0.0510. The van der Waals surface area contributed by atoms with Crippen LogP contribution < -0.4 is 0 Å². The van der Waals surface area contributed by atoms with Crippen molar-refractivity contribution in [1.82, 2.24) is 4.90 Å². The van der Waals surface area contributed by atoms with E-state index in [1.165, 1.54) is 11.8 Å². The number of carbonyl (C=O) groups is 2. The Labute approximate surface area is 64.8 Å². The summed E-state index contributed by atoms with van der Waals surface area (Å²) in [4.78, 5) is 22.6. The Balaban J connectivity index is 2.65. The number of Topliss-reactive ketones (excluding diaryl/α,β-unsaturated/α-hetero) is 1. The first-order valence-electron chi connectivity index (χ1n) is 3.63. The van der Waals surface area contributed by atoms with E-state index in [0.29, 0.717) is 13.0 Å². The van der Waals surface area contributed by atoms with Gasteiger partial charge in [-0.1, -0.05) is 0 Å². The van der Waals surface area contributed by atoms with Gasteiger partial charge in [0.1, 0.15) is 0 Å². The fourth-order valence-corrected chi connectivity index (χ4v) is 1.42. The molecule has 4 heteroatoms. The minimum Gasteiger partial charge on any atom is -0.465 e. The van der Waals surface area contributed by atoms with Crippen LogP contribution in [-0.2, 0) is 4.79 Å². The number of rotatable bonds is 1. The highest BCUT2D eigenvalue weighted by molar-refractivity contribution is 5.85. The van der Waals surface area contributed by atoms with Crippen LogP contribution in [0.4, 0.5) is 4.79 Å². The van der Waals surface area contributed by atoms with Crippen LogP contribution in [0, 0.1) is 0 Å². The van der Waals surface area contributed by atoms with Crippen LogP contribution >= 0.6 is 0 Å². The van der Waals surface area contributed by atoms with Gasteiger partial charge in [0.25, 0.3) is 0 Å². The second kappa shape index (κ2) is 2.90. The molecule has 1 heterocycles. The number of hydrogen-bond acceptors (Lipinski definition) is 2. The lowest BCUT2D eigenvalue weighted by molar-refractivity contribution is -0.120. The highest BCUT2D eigenvalue weighted by Gasteiger charge is 2.31. The first-order valence-corrected chi connectivity index (χ1v) is 3.63. The highest BCUT2D eigenvalue weighted by Crippen LogP contribution is 2.17. The first kappa shape index (κ1) is 8.04. The summed E-state index contributed by atoms with van der Waals surface area (Å²) in [5, 5.41) is 8.61. The van der Waals surface area contributed by atoms with Crippen LogP contribution in [-0.4, -0.2) is 34.5 Å². The Hall–Kier alpha value is -1.06. The SMILES string of the molecule is CC(=O)C1CCCN1C(=O)O. The van der Waals surface area contributed by atoms with Gasteiger partial charge in [-0.05, 0) is 19.8 Å². The maximum absolute atomic E-state index is 10.9. The zero-order chi connectivity index (χ0) is 8.43. The van der Waals surface area contributed by atoms with Crippen molar-refractivity contribution in [2.75, 3.05) is 6.54 Å². The maximum atomic E-state index is 10.9. The molecule has 0 bridgehead atoms. The van der Waals surface area contributed by atoms with Gasteiger partial charge in [-0.3, -0.25) is 9.69 Å². The van der Waals surface area contributed by atoms with Crippen molar-refractivity contribution in [3.8, 4) is 0 Å². The van der Waals surface area contributed by atoms with Crippen molar-refractivity contribution in [3.63, 3.8) is 0 Å². The predicted molar refractivity (Wildman–Crippen MR) is 38.4 cm³/mol. The molecule has 0 spiro atoms. The predicted octanol–water partition coefficient (Wildman–Crippen LogP) is 0.718. The number of ketones is 1. The molecule has 1 aliphatic rings. The van der Waals surface area contributed by atoms with Crippen LogP contribution in [0.5, 0.6) is 0 Å². The number of likely N-dealkylation sites (tertiary alicyclic amines) is 1. The molecule has 0 saturated carbocycles. The third kappa shape index (κ3) is 1.50. The lowest BCUT2D eigenvalue weighted by atomic mass is 10.1. The first-order chi connectivity index (χ1) is 5.13. The summed E-state index contributed by atoms with van der Waals surface area (Å²) in [6.07, 6.45) is 0.501. The van der Waals surface area contributed by atoms with Crippen molar-refractivity contribution >= 4 is 11.9 Å². The number of hydrogen-bond donors (Lipinski definition) is 1. The highest BCUT2D eigenvalue weighted by atomic mass is 16.4. The molecule has 1 atom stereocenters. The second-order valence-corrected chi connectivity index (χ2v) is 2.74. The standard InChI is InChI=1S/C7H11NO3/c1-5(9)6-3-2-4-8(6)7(10)11/h6H,2-4H2,1H3,(H,10,11). The van der Waals surface area contributed by atoms with Crippen molar-refractivity contribution in [1.29, 1.82) is 0 Å². The second-order valence-electron chi connectivity index (χ2n) is 2.74. The van der Waals surface area contributed by atoms with Gasteiger partial charge >= 0.3 is 6.09 Å². The van der Waals surface area contributed by atoms with E-state index in [9.17, 15) is 9.59 Å². The molecule has 0 aromatic heterocycles. The Morgan fingerprint density at radius 3 is 2.55 bits per heavy atom. The van der Waals surface area contributed by atoms with Gasteiger partial charge in [-0.25, -0.2) is 4.79 Å². The smallest absolute Gasteiger partial charge is 0.407 e. The average molecular weight is 157 g/mol. The number of amides is 1. The van der Waals surface area contributed by atoms with Gasteiger partial charge < -0.3 is 5.11 Å². The van der Waals surface area contributed by atoms with Gasteiger partial charge in [0.15, 0.2) is 5.78 Å². The van der Waals surface area contributed by atoms with Crippen LogP contribution in [0.25, 0.3) is 0 Å². The molecule has 1 N–H and O–H groups in total. The van der Waals surface area contributed by atoms with E-state index in [-0.39, 0.29) is 11.8 Å². The third-order valence-electron chi connectivity index (χ3n) is 1.97. The van der Waals surface area contributed by atoms with E-state index in [1.54, 1.807) is 0 Å². The largest absolute Gasteiger partial charge is 0.465 e. The number of nitrogens with zero attached hydrogens (tertiary/aromatic N) is 1. The maximum Gasteiger partial charge on any atom is 0.407 e. The molecule has 1 unspecified atom stereocenters. The normalized spacial score (nSPS) is 23.7. The van der Waals surface area contributed by atoms with Crippen LogP contribution in [0.2, 0.25) is 0 Å². The van der Waals surface area contributed by atoms with Gasteiger partial charge in [0.05, 0.1) is 6.04 Å². The zero-order valence-corrected chi connectivity index (χ0v) is 6.41. The summed E-state index contributed by atoms with van der Waals surface area (Å²) < 4.78 is 0. The molecule has 1 amide bonds. The molecule has 4 nitrogen and oxygen atoms in total. The molecule has 0 radical (unpaired) electrons. The summed E-state index contributed by atoms with van der Waals surface area (Å²) in [6.45, 7) is 1.94. The molecule has 1 fully saturated rings. The van der Waals surface area contributed by atoms with Crippen molar-refractivity contribution in [3.05, 3.63) is 0 Å². The van der Waals surface area contributed by atoms with E-state index in [1.807, 2.05) is 0 Å². The average Bonchev–Trinajstić information content (AvgIpc) is 2.32.